The topological polar surface area (TPSA) is 87.7 Å². The van der Waals surface area contributed by atoms with Gasteiger partial charge in [-0.3, -0.25) is 14.4 Å². The minimum atomic E-state index is -0.397. The van der Waals surface area contributed by atoms with Crippen molar-refractivity contribution < 1.29 is 19.1 Å². The third-order valence-corrected chi connectivity index (χ3v) is 4.50. The van der Waals surface area contributed by atoms with E-state index in [2.05, 4.69) is 26.6 Å². The highest BCUT2D eigenvalue weighted by molar-refractivity contribution is 9.10. The molecule has 8 heteroatoms. The van der Waals surface area contributed by atoms with E-state index in [1.807, 2.05) is 13.0 Å². The largest absolute Gasteiger partial charge is 0.497 e. The van der Waals surface area contributed by atoms with Gasteiger partial charge in [0, 0.05) is 22.3 Å². The summed E-state index contributed by atoms with van der Waals surface area (Å²) < 4.78 is 5.85. The van der Waals surface area contributed by atoms with Crippen LogP contribution in [0.4, 0.5) is 5.69 Å². The van der Waals surface area contributed by atoms with Crippen molar-refractivity contribution in [2.75, 3.05) is 32.1 Å². The maximum absolute atomic E-state index is 12.7. The first-order valence-electron chi connectivity index (χ1n) is 9.18. The quantitative estimate of drug-likeness (QED) is 0.600. The zero-order valence-electron chi connectivity index (χ0n) is 16.4. The maximum atomic E-state index is 12.7. The van der Waals surface area contributed by atoms with Gasteiger partial charge in [0.05, 0.1) is 20.2 Å². The van der Waals surface area contributed by atoms with Crippen molar-refractivity contribution in [3.8, 4) is 5.75 Å². The van der Waals surface area contributed by atoms with Crippen LogP contribution in [0, 0.1) is 0 Å². The molecule has 29 heavy (non-hydrogen) atoms. The van der Waals surface area contributed by atoms with Crippen molar-refractivity contribution in [2.24, 2.45) is 0 Å². The van der Waals surface area contributed by atoms with Gasteiger partial charge in [-0.25, -0.2) is 0 Å². The molecule has 0 aromatic heterocycles. The molecule has 0 fully saturated rings. The first-order valence-corrected chi connectivity index (χ1v) is 9.97. The lowest BCUT2D eigenvalue weighted by molar-refractivity contribution is -0.124. The van der Waals surface area contributed by atoms with Crippen molar-refractivity contribution in [2.45, 2.75) is 13.3 Å². The lowest BCUT2D eigenvalue weighted by atomic mass is 10.2. The van der Waals surface area contributed by atoms with Crippen LogP contribution in [0.2, 0.25) is 0 Å². The third-order valence-electron chi connectivity index (χ3n) is 4.01. The highest BCUT2D eigenvalue weighted by Gasteiger charge is 2.18. The fraction of sp³-hybridized carbons (Fsp3) is 0.286. The smallest absolute Gasteiger partial charge is 0.254 e. The Bertz CT molecular complexity index is 855. The van der Waals surface area contributed by atoms with E-state index in [1.54, 1.807) is 49.6 Å². The van der Waals surface area contributed by atoms with E-state index in [4.69, 9.17) is 4.74 Å². The molecule has 2 N–H and O–H groups in total. The van der Waals surface area contributed by atoms with E-state index in [-0.39, 0.29) is 24.9 Å². The lowest BCUT2D eigenvalue weighted by Crippen LogP contribution is -2.43. The van der Waals surface area contributed by atoms with Gasteiger partial charge in [-0.15, -0.1) is 0 Å². The highest BCUT2D eigenvalue weighted by Crippen LogP contribution is 2.15. The zero-order valence-corrected chi connectivity index (χ0v) is 18.0. The minimum Gasteiger partial charge on any atom is -0.497 e. The summed E-state index contributed by atoms with van der Waals surface area (Å²) >= 11 is 3.34. The molecular formula is C21H24BrN3O4. The van der Waals surface area contributed by atoms with Gasteiger partial charge in [-0.1, -0.05) is 28.9 Å². The average Bonchev–Trinajstić information content (AvgIpc) is 2.72. The number of methoxy groups -OCH3 is 1. The second-order valence-corrected chi connectivity index (χ2v) is 7.21. The standard InChI is InChI=1S/C21H24BrN3O4/c1-3-11-25(21(28)15-5-4-6-16(22)12-15)14-20(27)23-13-19(26)24-17-7-9-18(29-2)10-8-17/h4-10,12H,3,11,13-14H2,1-2H3,(H,23,27)(H,24,26). The molecule has 7 nitrogen and oxygen atoms in total. The summed E-state index contributed by atoms with van der Waals surface area (Å²) in [5.74, 6) is -0.302. The van der Waals surface area contributed by atoms with Gasteiger partial charge in [0.15, 0.2) is 0 Å². The predicted molar refractivity (Wildman–Crippen MR) is 115 cm³/mol. The summed E-state index contributed by atoms with van der Waals surface area (Å²) in [6.07, 6.45) is 0.713. The van der Waals surface area contributed by atoms with Gasteiger partial charge in [0.25, 0.3) is 5.91 Å². The highest BCUT2D eigenvalue weighted by atomic mass is 79.9. The summed E-state index contributed by atoms with van der Waals surface area (Å²) in [7, 11) is 1.56. The number of anilines is 1. The molecule has 0 saturated carbocycles. The normalized spacial score (nSPS) is 10.2. The van der Waals surface area contributed by atoms with Crippen LogP contribution < -0.4 is 15.4 Å². The number of nitrogens with zero attached hydrogens (tertiary/aromatic N) is 1. The Balaban J connectivity index is 1.87. The molecule has 0 radical (unpaired) electrons. The number of hydrogen-bond donors (Lipinski definition) is 2. The van der Waals surface area contributed by atoms with Crippen LogP contribution in [0.1, 0.15) is 23.7 Å². The predicted octanol–water partition coefficient (Wildman–Crippen LogP) is 3.06. The molecule has 0 spiro atoms. The molecular weight excluding hydrogens is 438 g/mol. The second-order valence-electron chi connectivity index (χ2n) is 6.29. The molecule has 0 heterocycles. The van der Waals surface area contributed by atoms with Crippen LogP contribution in [-0.4, -0.2) is 49.4 Å². The van der Waals surface area contributed by atoms with Crippen LogP contribution in [0.15, 0.2) is 53.0 Å². The summed E-state index contributed by atoms with van der Waals surface area (Å²) in [6, 6.07) is 13.9. The maximum Gasteiger partial charge on any atom is 0.254 e. The fourth-order valence-electron chi connectivity index (χ4n) is 2.61. The monoisotopic (exact) mass is 461 g/mol. The van der Waals surface area contributed by atoms with Crippen LogP contribution in [0.5, 0.6) is 5.75 Å². The van der Waals surface area contributed by atoms with Crippen molar-refractivity contribution in [3.05, 3.63) is 58.6 Å². The lowest BCUT2D eigenvalue weighted by Gasteiger charge is -2.21. The van der Waals surface area contributed by atoms with Gasteiger partial charge < -0.3 is 20.3 Å². The summed E-state index contributed by atoms with van der Waals surface area (Å²) in [4.78, 5) is 38.5. The number of benzene rings is 2. The Labute approximate surface area is 178 Å². The molecule has 0 bridgehead atoms. The van der Waals surface area contributed by atoms with Gasteiger partial charge in [0.2, 0.25) is 11.8 Å². The molecule has 0 saturated heterocycles. The molecule has 0 aliphatic rings. The van der Waals surface area contributed by atoms with Gasteiger partial charge in [-0.2, -0.15) is 0 Å². The van der Waals surface area contributed by atoms with Crippen LogP contribution in [0.25, 0.3) is 0 Å². The molecule has 2 rings (SSSR count). The minimum absolute atomic E-state index is 0.116. The number of halogens is 1. The molecule has 2 aromatic carbocycles. The average molecular weight is 462 g/mol. The molecule has 3 amide bonds. The Morgan fingerprint density at radius 1 is 1.07 bits per heavy atom. The molecule has 0 aliphatic carbocycles. The fourth-order valence-corrected chi connectivity index (χ4v) is 3.01. The van der Waals surface area contributed by atoms with E-state index >= 15 is 0 Å². The zero-order chi connectivity index (χ0) is 21.2. The number of nitrogens with one attached hydrogen (secondary N) is 2. The number of ether oxygens (including phenoxy) is 1. The summed E-state index contributed by atoms with van der Waals surface area (Å²) in [5.41, 5.74) is 1.10. The van der Waals surface area contributed by atoms with E-state index in [0.29, 0.717) is 30.0 Å². The summed E-state index contributed by atoms with van der Waals surface area (Å²) in [5, 5.41) is 5.24. The molecule has 0 atom stereocenters. The van der Waals surface area contributed by atoms with Crippen LogP contribution in [0.3, 0.4) is 0 Å². The van der Waals surface area contributed by atoms with Gasteiger partial charge >= 0.3 is 0 Å². The van der Waals surface area contributed by atoms with E-state index < -0.39 is 5.91 Å². The molecule has 0 aliphatic heterocycles. The van der Waals surface area contributed by atoms with E-state index in [0.717, 1.165) is 4.47 Å². The van der Waals surface area contributed by atoms with E-state index in [1.165, 1.54) is 4.90 Å². The Morgan fingerprint density at radius 3 is 2.41 bits per heavy atom. The number of rotatable bonds is 9. The SMILES string of the molecule is CCCN(CC(=O)NCC(=O)Nc1ccc(OC)cc1)C(=O)c1cccc(Br)c1. The molecule has 154 valence electrons. The van der Waals surface area contributed by atoms with E-state index in [9.17, 15) is 14.4 Å². The van der Waals surface area contributed by atoms with Crippen molar-refractivity contribution >= 4 is 39.3 Å². The first-order chi connectivity index (χ1) is 13.9. The number of amides is 3. The van der Waals surface area contributed by atoms with Crippen molar-refractivity contribution in [1.82, 2.24) is 10.2 Å². The number of hydrogen-bond acceptors (Lipinski definition) is 4. The van der Waals surface area contributed by atoms with Crippen LogP contribution in [-0.2, 0) is 9.59 Å². The summed E-state index contributed by atoms with van der Waals surface area (Å²) in [6.45, 7) is 2.07. The second kappa shape index (κ2) is 11.2. The van der Waals surface area contributed by atoms with Crippen molar-refractivity contribution in [1.29, 1.82) is 0 Å². The van der Waals surface area contributed by atoms with Crippen molar-refractivity contribution in [3.63, 3.8) is 0 Å². The molecule has 2 aromatic rings. The Hall–Kier alpha value is -2.87. The van der Waals surface area contributed by atoms with Gasteiger partial charge in [0.1, 0.15) is 5.75 Å². The first kappa shape index (κ1) is 22.4. The third kappa shape index (κ3) is 7.23. The molecule has 0 unspecified atom stereocenters. The van der Waals surface area contributed by atoms with Gasteiger partial charge in [-0.05, 0) is 48.9 Å². The number of carbonyl (C=O) groups is 3. The Kier molecular flexibility index (Phi) is 8.67. The number of carbonyl (C=O) groups excluding carboxylic acids is 3. The Morgan fingerprint density at radius 2 is 1.79 bits per heavy atom. The van der Waals surface area contributed by atoms with Crippen LogP contribution >= 0.6 is 15.9 Å².